The Morgan fingerprint density at radius 2 is 1.64 bits per heavy atom. The van der Waals surface area contributed by atoms with E-state index in [4.69, 9.17) is 11.6 Å². The monoisotopic (exact) mass is 375 g/mol. The largest absolute Gasteiger partial charge is 0.388 e. The lowest BCUT2D eigenvalue weighted by Gasteiger charge is -2.14. The first-order valence-electron chi connectivity index (χ1n) is 7.89. The van der Waals surface area contributed by atoms with Crippen LogP contribution in [0.4, 0.5) is 0 Å². The summed E-state index contributed by atoms with van der Waals surface area (Å²) < 4.78 is 27.1. The van der Waals surface area contributed by atoms with Crippen LogP contribution in [-0.2, 0) is 10.0 Å². The lowest BCUT2D eigenvalue weighted by Crippen LogP contribution is -2.26. The second-order valence-electron chi connectivity index (χ2n) is 5.70. The first-order chi connectivity index (χ1) is 12.0. The van der Waals surface area contributed by atoms with Gasteiger partial charge < -0.3 is 5.11 Å². The lowest BCUT2D eigenvalue weighted by molar-refractivity contribution is 0.170. The van der Waals surface area contributed by atoms with E-state index in [1.165, 1.54) is 12.1 Å². The van der Waals surface area contributed by atoms with Crippen molar-refractivity contribution in [3.63, 3.8) is 0 Å². The molecule has 0 aliphatic carbocycles. The van der Waals surface area contributed by atoms with Gasteiger partial charge in [0.15, 0.2) is 0 Å². The normalized spacial score (nSPS) is 13.0. The molecule has 0 radical (unpaired) electrons. The predicted molar refractivity (Wildman–Crippen MR) is 100 cm³/mol. The van der Waals surface area contributed by atoms with Gasteiger partial charge in [0, 0.05) is 6.54 Å². The van der Waals surface area contributed by atoms with Gasteiger partial charge in [0.2, 0.25) is 10.0 Å². The molecule has 0 amide bonds. The van der Waals surface area contributed by atoms with Gasteiger partial charge in [-0.2, -0.15) is 0 Å². The number of nitrogens with one attached hydrogen (secondary N) is 1. The van der Waals surface area contributed by atoms with Crippen LogP contribution in [-0.4, -0.2) is 20.1 Å². The average molecular weight is 376 g/mol. The average Bonchev–Trinajstić information content (AvgIpc) is 2.61. The number of aliphatic hydroxyl groups is 1. The molecule has 0 heterocycles. The van der Waals surface area contributed by atoms with Gasteiger partial charge in [0.1, 0.15) is 4.90 Å². The Kier molecular flexibility index (Phi) is 5.39. The van der Waals surface area contributed by atoms with Gasteiger partial charge in [0.05, 0.1) is 11.1 Å². The Balaban J connectivity index is 1.70. The molecule has 0 aliphatic rings. The van der Waals surface area contributed by atoms with E-state index in [1.807, 2.05) is 42.5 Å². The van der Waals surface area contributed by atoms with Crippen molar-refractivity contribution in [2.45, 2.75) is 17.4 Å². The van der Waals surface area contributed by atoms with Crippen molar-refractivity contribution >= 4 is 32.4 Å². The molecule has 3 rings (SSSR count). The number of sulfonamides is 1. The topological polar surface area (TPSA) is 66.4 Å². The first-order valence-corrected chi connectivity index (χ1v) is 9.75. The van der Waals surface area contributed by atoms with Crippen molar-refractivity contribution in [3.8, 4) is 0 Å². The predicted octanol–water partition coefficient (Wildman–Crippen LogP) is 3.90. The fourth-order valence-corrected chi connectivity index (χ4v) is 4.33. The number of benzene rings is 3. The van der Waals surface area contributed by atoms with Crippen LogP contribution in [0.2, 0.25) is 5.02 Å². The van der Waals surface area contributed by atoms with Crippen LogP contribution < -0.4 is 4.72 Å². The van der Waals surface area contributed by atoms with E-state index in [2.05, 4.69) is 4.72 Å². The molecule has 0 bridgehead atoms. The second kappa shape index (κ2) is 7.54. The Bertz CT molecular complexity index is 983. The van der Waals surface area contributed by atoms with Gasteiger partial charge in [-0.1, -0.05) is 66.2 Å². The lowest BCUT2D eigenvalue weighted by atomic mass is 9.99. The Hall–Kier alpha value is -1.92. The molecule has 0 aromatic heterocycles. The number of rotatable bonds is 6. The summed E-state index contributed by atoms with van der Waals surface area (Å²) in [7, 11) is -3.70. The summed E-state index contributed by atoms with van der Waals surface area (Å²) in [4.78, 5) is 0.0383. The summed E-state index contributed by atoms with van der Waals surface area (Å²) in [5.41, 5.74) is 0.787. The highest BCUT2D eigenvalue weighted by Gasteiger charge is 2.18. The molecule has 0 spiro atoms. The summed E-state index contributed by atoms with van der Waals surface area (Å²) in [5.74, 6) is 0. The maximum Gasteiger partial charge on any atom is 0.242 e. The summed E-state index contributed by atoms with van der Waals surface area (Å²) >= 11 is 5.94. The van der Waals surface area contributed by atoms with Crippen LogP contribution in [0, 0.1) is 0 Å². The Morgan fingerprint density at radius 1 is 0.960 bits per heavy atom. The third-order valence-corrected chi connectivity index (χ3v) is 5.98. The minimum Gasteiger partial charge on any atom is -0.388 e. The molecular weight excluding hydrogens is 358 g/mol. The minimum atomic E-state index is -3.70. The standard InChI is InChI=1S/C19H18ClNO3S/c20-17-10-3-4-11-19(17)25(23,24)21-13-12-18(22)16-9-5-7-14-6-1-2-8-15(14)16/h1-11,18,21-22H,12-13H2. The van der Waals surface area contributed by atoms with Crippen molar-refractivity contribution in [2.24, 2.45) is 0 Å². The summed E-state index contributed by atoms with van der Waals surface area (Å²) in [6.45, 7) is 0.109. The fraction of sp³-hybridized carbons (Fsp3) is 0.158. The third kappa shape index (κ3) is 4.02. The Labute approximate surface area is 152 Å². The van der Waals surface area contributed by atoms with Crippen molar-refractivity contribution in [2.75, 3.05) is 6.54 Å². The van der Waals surface area contributed by atoms with Crippen LogP contribution in [0.25, 0.3) is 10.8 Å². The van der Waals surface area contributed by atoms with Gasteiger partial charge in [0.25, 0.3) is 0 Å². The third-order valence-electron chi connectivity index (χ3n) is 4.02. The van der Waals surface area contributed by atoms with Crippen molar-refractivity contribution in [1.29, 1.82) is 0 Å². The van der Waals surface area contributed by atoms with Gasteiger partial charge in [-0.05, 0) is 34.9 Å². The zero-order valence-corrected chi connectivity index (χ0v) is 15.0. The molecule has 0 aliphatic heterocycles. The van der Waals surface area contributed by atoms with Crippen molar-refractivity contribution in [1.82, 2.24) is 4.72 Å². The Morgan fingerprint density at radius 3 is 2.44 bits per heavy atom. The molecule has 0 fully saturated rings. The van der Waals surface area contributed by atoms with Crippen LogP contribution in [0.15, 0.2) is 71.6 Å². The molecule has 2 N–H and O–H groups in total. The number of fused-ring (bicyclic) bond motifs is 1. The van der Waals surface area contributed by atoms with Crippen LogP contribution >= 0.6 is 11.6 Å². The second-order valence-corrected chi connectivity index (χ2v) is 7.84. The SMILES string of the molecule is O=S(=O)(NCCC(O)c1cccc2ccccc12)c1ccccc1Cl. The molecule has 3 aromatic carbocycles. The zero-order chi connectivity index (χ0) is 17.9. The van der Waals surface area contributed by atoms with E-state index >= 15 is 0 Å². The molecule has 1 unspecified atom stereocenters. The highest BCUT2D eigenvalue weighted by molar-refractivity contribution is 7.89. The molecule has 4 nitrogen and oxygen atoms in total. The number of hydrogen-bond donors (Lipinski definition) is 2. The zero-order valence-electron chi connectivity index (χ0n) is 13.4. The van der Waals surface area contributed by atoms with E-state index in [0.29, 0.717) is 0 Å². The highest BCUT2D eigenvalue weighted by Crippen LogP contribution is 2.26. The van der Waals surface area contributed by atoms with Gasteiger partial charge in [-0.15, -0.1) is 0 Å². The molecule has 130 valence electrons. The molecule has 6 heteroatoms. The first kappa shape index (κ1) is 17.9. The summed E-state index contributed by atoms with van der Waals surface area (Å²) in [6, 6.07) is 19.8. The minimum absolute atomic E-state index is 0.0383. The molecule has 3 aromatic rings. The van der Waals surface area contributed by atoms with E-state index < -0.39 is 16.1 Å². The fourth-order valence-electron chi connectivity index (χ4n) is 2.77. The summed E-state index contributed by atoms with van der Waals surface area (Å²) in [6.07, 6.45) is -0.502. The summed E-state index contributed by atoms with van der Waals surface area (Å²) in [5, 5.41) is 12.7. The smallest absolute Gasteiger partial charge is 0.242 e. The number of hydrogen-bond acceptors (Lipinski definition) is 3. The van der Waals surface area contributed by atoms with Crippen LogP contribution in [0.1, 0.15) is 18.1 Å². The number of halogens is 1. The van der Waals surface area contributed by atoms with Gasteiger partial charge >= 0.3 is 0 Å². The van der Waals surface area contributed by atoms with Crippen molar-refractivity contribution in [3.05, 3.63) is 77.3 Å². The van der Waals surface area contributed by atoms with Crippen LogP contribution in [0.5, 0.6) is 0 Å². The quantitative estimate of drug-likeness (QED) is 0.686. The van der Waals surface area contributed by atoms with Crippen molar-refractivity contribution < 1.29 is 13.5 Å². The number of aliphatic hydroxyl groups excluding tert-OH is 1. The van der Waals surface area contributed by atoms with Gasteiger partial charge in [-0.3, -0.25) is 0 Å². The van der Waals surface area contributed by atoms with E-state index in [9.17, 15) is 13.5 Å². The molecular formula is C19H18ClNO3S. The molecule has 0 saturated carbocycles. The van der Waals surface area contributed by atoms with E-state index in [0.717, 1.165) is 16.3 Å². The molecule has 25 heavy (non-hydrogen) atoms. The molecule has 1 atom stereocenters. The maximum absolute atomic E-state index is 12.3. The molecule has 0 saturated heterocycles. The maximum atomic E-state index is 12.3. The van der Waals surface area contributed by atoms with Crippen LogP contribution in [0.3, 0.4) is 0 Å². The van der Waals surface area contributed by atoms with Gasteiger partial charge in [-0.25, -0.2) is 13.1 Å². The van der Waals surface area contributed by atoms with E-state index in [-0.39, 0.29) is 22.9 Å². The highest BCUT2D eigenvalue weighted by atomic mass is 35.5. The van der Waals surface area contributed by atoms with E-state index in [1.54, 1.807) is 12.1 Å².